The molecule has 0 fully saturated rings. The molecule has 0 aliphatic carbocycles. The predicted octanol–water partition coefficient (Wildman–Crippen LogP) is 1.10. The van der Waals surface area contributed by atoms with Gasteiger partial charge in [0.25, 0.3) is 5.91 Å². The minimum atomic E-state index is -1.27. The van der Waals surface area contributed by atoms with Gasteiger partial charge in [-0.2, -0.15) is 0 Å². The molecular formula is C17H18N2O5. The first-order valence-corrected chi connectivity index (χ1v) is 7.17. The number of carbonyl (C=O) groups is 2. The van der Waals surface area contributed by atoms with Crippen molar-refractivity contribution in [3.05, 3.63) is 59.9 Å². The smallest absolute Gasteiger partial charge is 0.331 e. The number of aliphatic hydroxyl groups excluding tert-OH is 1. The van der Waals surface area contributed by atoms with Crippen molar-refractivity contribution in [2.45, 2.75) is 12.1 Å². The van der Waals surface area contributed by atoms with Gasteiger partial charge in [0, 0.05) is 12.4 Å². The van der Waals surface area contributed by atoms with E-state index in [-0.39, 0.29) is 5.56 Å². The second-order valence-electron chi connectivity index (χ2n) is 4.93. The minimum Gasteiger partial charge on any atom is -0.497 e. The number of pyridine rings is 1. The normalized spacial score (nSPS) is 12.8. The number of nitrogens with zero attached hydrogens (tertiary/aromatic N) is 1. The minimum absolute atomic E-state index is 0.272. The average molecular weight is 330 g/mol. The van der Waals surface area contributed by atoms with Crippen molar-refractivity contribution >= 4 is 11.9 Å². The summed E-state index contributed by atoms with van der Waals surface area (Å²) in [5, 5.41) is 12.9. The Bertz CT molecular complexity index is 688. The number of methoxy groups -OCH3 is 2. The molecule has 0 spiro atoms. The number of aromatic nitrogens is 1. The fourth-order valence-electron chi connectivity index (χ4n) is 2.11. The summed E-state index contributed by atoms with van der Waals surface area (Å²) in [7, 11) is 2.71. The van der Waals surface area contributed by atoms with Crippen LogP contribution in [0.15, 0.2) is 48.8 Å². The number of nitrogens with one attached hydrogen (secondary N) is 1. The topological polar surface area (TPSA) is 97.8 Å². The molecule has 0 aliphatic rings. The monoisotopic (exact) mass is 330 g/mol. The van der Waals surface area contributed by atoms with Crippen LogP contribution in [0.1, 0.15) is 22.0 Å². The van der Waals surface area contributed by atoms with E-state index in [2.05, 4.69) is 15.0 Å². The number of hydrogen-bond acceptors (Lipinski definition) is 6. The van der Waals surface area contributed by atoms with E-state index in [0.717, 1.165) is 0 Å². The van der Waals surface area contributed by atoms with E-state index in [1.807, 2.05) is 0 Å². The van der Waals surface area contributed by atoms with Gasteiger partial charge in [-0.15, -0.1) is 0 Å². The average Bonchev–Trinajstić information content (AvgIpc) is 2.65. The van der Waals surface area contributed by atoms with Crippen LogP contribution in [0.4, 0.5) is 0 Å². The number of esters is 1. The molecule has 1 aromatic heterocycles. The number of ether oxygens (including phenoxy) is 2. The van der Waals surface area contributed by atoms with Crippen molar-refractivity contribution in [3.8, 4) is 5.75 Å². The molecule has 0 aliphatic heterocycles. The number of amides is 1. The van der Waals surface area contributed by atoms with Crippen LogP contribution >= 0.6 is 0 Å². The highest BCUT2D eigenvalue weighted by Gasteiger charge is 2.31. The summed E-state index contributed by atoms with van der Waals surface area (Å²) in [6.45, 7) is 0. The van der Waals surface area contributed by atoms with Gasteiger partial charge in [0.2, 0.25) is 0 Å². The molecule has 126 valence electrons. The molecule has 24 heavy (non-hydrogen) atoms. The lowest BCUT2D eigenvalue weighted by Crippen LogP contribution is -2.45. The number of aliphatic hydroxyl groups is 1. The first-order valence-electron chi connectivity index (χ1n) is 7.17. The van der Waals surface area contributed by atoms with E-state index >= 15 is 0 Å². The molecule has 2 unspecified atom stereocenters. The van der Waals surface area contributed by atoms with Gasteiger partial charge < -0.3 is 19.9 Å². The Morgan fingerprint density at radius 2 is 1.88 bits per heavy atom. The van der Waals surface area contributed by atoms with Crippen molar-refractivity contribution in [1.82, 2.24) is 10.3 Å². The van der Waals surface area contributed by atoms with E-state index < -0.39 is 24.0 Å². The maximum atomic E-state index is 12.2. The largest absolute Gasteiger partial charge is 0.497 e. The van der Waals surface area contributed by atoms with Gasteiger partial charge in [-0.25, -0.2) is 4.79 Å². The van der Waals surface area contributed by atoms with E-state index in [9.17, 15) is 14.7 Å². The Morgan fingerprint density at radius 3 is 2.42 bits per heavy atom. The Hall–Kier alpha value is -2.93. The van der Waals surface area contributed by atoms with E-state index in [4.69, 9.17) is 4.74 Å². The van der Waals surface area contributed by atoms with Crippen LogP contribution in [-0.2, 0) is 9.53 Å². The molecule has 7 heteroatoms. The summed E-state index contributed by atoms with van der Waals surface area (Å²) in [5.41, 5.74) is 0.714. The van der Waals surface area contributed by atoms with Gasteiger partial charge in [0.1, 0.15) is 11.9 Å². The Balaban J connectivity index is 2.20. The molecule has 0 radical (unpaired) electrons. The highest BCUT2D eigenvalue weighted by molar-refractivity contribution is 5.96. The SMILES string of the molecule is COC(=O)C(NC(=O)c1cccnc1)C(O)c1ccc(OC)cc1. The third kappa shape index (κ3) is 4.08. The summed E-state index contributed by atoms with van der Waals surface area (Å²) in [6.07, 6.45) is 1.62. The molecule has 0 bridgehead atoms. The summed E-state index contributed by atoms with van der Waals surface area (Å²) >= 11 is 0. The molecule has 2 aromatic rings. The number of benzene rings is 1. The molecule has 1 amide bonds. The Labute approximate surface area is 139 Å². The molecule has 2 N–H and O–H groups in total. The van der Waals surface area contributed by atoms with Crippen molar-refractivity contribution in [1.29, 1.82) is 0 Å². The van der Waals surface area contributed by atoms with E-state index in [0.29, 0.717) is 11.3 Å². The molecule has 7 nitrogen and oxygen atoms in total. The fraction of sp³-hybridized carbons (Fsp3) is 0.235. The molecule has 1 aromatic carbocycles. The summed E-state index contributed by atoms with van der Waals surface area (Å²) in [4.78, 5) is 28.0. The first-order chi connectivity index (χ1) is 11.6. The van der Waals surface area contributed by atoms with Crippen LogP contribution in [0.5, 0.6) is 5.75 Å². The standard InChI is InChI=1S/C17H18N2O5/c1-23-13-7-5-11(6-8-13)15(20)14(17(22)24-2)19-16(21)12-4-3-9-18-10-12/h3-10,14-15,20H,1-2H3,(H,19,21). The summed E-state index contributed by atoms with van der Waals surface area (Å²) < 4.78 is 9.73. The van der Waals surface area contributed by atoms with Crippen LogP contribution in [0.2, 0.25) is 0 Å². The van der Waals surface area contributed by atoms with Gasteiger partial charge in [-0.1, -0.05) is 12.1 Å². The highest BCUT2D eigenvalue weighted by Crippen LogP contribution is 2.21. The zero-order valence-electron chi connectivity index (χ0n) is 13.3. The maximum Gasteiger partial charge on any atom is 0.331 e. The lowest BCUT2D eigenvalue weighted by molar-refractivity contribution is -0.146. The van der Waals surface area contributed by atoms with Crippen molar-refractivity contribution in [2.24, 2.45) is 0 Å². The number of rotatable bonds is 6. The molecular weight excluding hydrogens is 312 g/mol. The zero-order valence-corrected chi connectivity index (χ0v) is 13.3. The highest BCUT2D eigenvalue weighted by atomic mass is 16.5. The number of carbonyl (C=O) groups excluding carboxylic acids is 2. The number of hydrogen-bond donors (Lipinski definition) is 2. The van der Waals surface area contributed by atoms with Crippen LogP contribution < -0.4 is 10.1 Å². The van der Waals surface area contributed by atoms with Crippen LogP contribution in [-0.4, -0.2) is 42.2 Å². The van der Waals surface area contributed by atoms with E-state index in [1.54, 1.807) is 36.4 Å². The third-order valence-electron chi connectivity index (χ3n) is 3.44. The van der Waals surface area contributed by atoms with Crippen LogP contribution in [0, 0.1) is 0 Å². The maximum absolute atomic E-state index is 12.2. The second kappa shape index (κ2) is 8.07. The van der Waals surface area contributed by atoms with Crippen molar-refractivity contribution in [3.63, 3.8) is 0 Å². The lowest BCUT2D eigenvalue weighted by atomic mass is 10.0. The molecule has 2 rings (SSSR count). The van der Waals surface area contributed by atoms with Gasteiger partial charge in [0.15, 0.2) is 6.04 Å². The molecule has 1 heterocycles. The van der Waals surface area contributed by atoms with E-state index in [1.165, 1.54) is 26.6 Å². The van der Waals surface area contributed by atoms with Gasteiger partial charge >= 0.3 is 5.97 Å². The van der Waals surface area contributed by atoms with Gasteiger partial charge in [-0.05, 0) is 29.8 Å². The molecule has 2 atom stereocenters. The van der Waals surface area contributed by atoms with Gasteiger partial charge in [-0.3, -0.25) is 9.78 Å². The zero-order chi connectivity index (χ0) is 17.5. The summed E-state index contributed by atoms with van der Waals surface area (Å²) in [5.74, 6) is -0.679. The fourth-order valence-corrected chi connectivity index (χ4v) is 2.11. The van der Waals surface area contributed by atoms with Crippen LogP contribution in [0.3, 0.4) is 0 Å². The molecule has 0 saturated carbocycles. The Kier molecular flexibility index (Phi) is 5.86. The summed E-state index contributed by atoms with van der Waals surface area (Å²) in [6, 6.07) is 8.41. The van der Waals surface area contributed by atoms with Crippen molar-refractivity contribution in [2.75, 3.05) is 14.2 Å². The lowest BCUT2D eigenvalue weighted by Gasteiger charge is -2.22. The van der Waals surface area contributed by atoms with Gasteiger partial charge in [0.05, 0.1) is 19.8 Å². The predicted molar refractivity (Wildman–Crippen MR) is 85.5 cm³/mol. The van der Waals surface area contributed by atoms with Crippen LogP contribution in [0.25, 0.3) is 0 Å². The first kappa shape index (κ1) is 17.4. The Morgan fingerprint density at radius 1 is 1.17 bits per heavy atom. The molecule has 0 saturated heterocycles. The quantitative estimate of drug-likeness (QED) is 0.770. The van der Waals surface area contributed by atoms with Crippen molar-refractivity contribution < 1.29 is 24.2 Å². The third-order valence-corrected chi connectivity index (χ3v) is 3.44. The second-order valence-corrected chi connectivity index (χ2v) is 4.93.